The summed E-state index contributed by atoms with van der Waals surface area (Å²) in [7, 11) is 2.17. The van der Waals surface area contributed by atoms with Crippen LogP contribution in [0.15, 0.2) is 0 Å². The Labute approximate surface area is 186 Å². The second-order valence-electron chi connectivity index (χ2n) is 6.93. The van der Waals surface area contributed by atoms with Gasteiger partial charge in [0.15, 0.2) is 0 Å². The highest BCUT2D eigenvalue weighted by Crippen LogP contribution is 2.14. The second-order valence-corrected chi connectivity index (χ2v) is 6.93. The second kappa shape index (κ2) is 14.0. The Bertz CT molecular complexity index is 709. The van der Waals surface area contributed by atoms with Crippen LogP contribution in [-0.4, -0.2) is 101 Å². The number of aliphatic carboxylic acids is 2. The first kappa shape index (κ1) is 30.6. The van der Waals surface area contributed by atoms with E-state index in [1.807, 2.05) is 0 Å². The Kier molecular flexibility index (Phi) is 13.0. The van der Waals surface area contributed by atoms with E-state index in [2.05, 4.69) is 40.9 Å². The number of hydrogen-bond acceptors (Lipinski definition) is 6. The molecular formula is C18H28F6N4O5. The van der Waals surface area contributed by atoms with Crippen molar-refractivity contribution in [2.24, 2.45) is 0 Å². The molecule has 0 amide bonds. The molecule has 3 N–H and O–H groups in total. The van der Waals surface area contributed by atoms with E-state index in [-0.39, 0.29) is 0 Å². The van der Waals surface area contributed by atoms with Crippen LogP contribution in [0.3, 0.4) is 0 Å². The normalized spacial score (nSPS) is 14.7. The molecule has 0 bridgehead atoms. The lowest BCUT2D eigenvalue weighted by molar-refractivity contribution is -0.193. The fraction of sp³-hybridized carbons (Fsp3) is 0.722. The van der Waals surface area contributed by atoms with Crippen LogP contribution in [0.4, 0.5) is 26.3 Å². The molecule has 1 aromatic heterocycles. The van der Waals surface area contributed by atoms with Crippen molar-refractivity contribution in [3.8, 4) is 0 Å². The Morgan fingerprint density at radius 1 is 1.09 bits per heavy atom. The minimum atomic E-state index is -5.08. The highest BCUT2D eigenvalue weighted by Gasteiger charge is 2.38. The zero-order chi connectivity index (χ0) is 25.8. The Hall–Kier alpha value is -2.39. The summed E-state index contributed by atoms with van der Waals surface area (Å²) in [5.74, 6) is -5.51. The number of alkyl halides is 6. The van der Waals surface area contributed by atoms with Crippen molar-refractivity contribution in [1.29, 1.82) is 0 Å². The summed E-state index contributed by atoms with van der Waals surface area (Å²) in [4.78, 5) is 22.6. The third-order valence-electron chi connectivity index (χ3n) is 4.36. The highest BCUT2D eigenvalue weighted by molar-refractivity contribution is 5.73. The van der Waals surface area contributed by atoms with Crippen molar-refractivity contribution >= 4 is 11.9 Å². The van der Waals surface area contributed by atoms with Gasteiger partial charge in [-0.1, -0.05) is 6.92 Å². The van der Waals surface area contributed by atoms with Gasteiger partial charge in [-0.25, -0.2) is 9.59 Å². The van der Waals surface area contributed by atoms with Gasteiger partial charge in [0.1, 0.15) is 0 Å². The number of nitrogens with zero attached hydrogens (tertiary/aromatic N) is 3. The van der Waals surface area contributed by atoms with Gasteiger partial charge in [-0.05, 0) is 26.0 Å². The number of carbonyl (C=O) groups is 2. The predicted octanol–water partition coefficient (Wildman–Crippen LogP) is 2.31. The van der Waals surface area contributed by atoms with Crippen LogP contribution in [0.2, 0.25) is 0 Å². The third-order valence-corrected chi connectivity index (χ3v) is 4.36. The van der Waals surface area contributed by atoms with E-state index in [0.717, 1.165) is 52.4 Å². The molecule has 33 heavy (non-hydrogen) atoms. The number of carboxylic acids is 2. The number of carboxylic acid groups (broad SMARTS) is 2. The van der Waals surface area contributed by atoms with Crippen LogP contribution in [0.5, 0.6) is 0 Å². The van der Waals surface area contributed by atoms with Crippen molar-refractivity contribution < 1.29 is 50.9 Å². The summed E-state index contributed by atoms with van der Waals surface area (Å²) in [5.41, 5.74) is 3.76. The number of likely N-dealkylation sites (N-methyl/N-ethyl adjacent to an activating group) is 1. The fourth-order valence-corrected chi connectivity index (χ4v) is 2.46. The first-order chi connectivity index (χ1) is 15.1. The SMILES string of the molecule is CCc1n[nH]c(CN(C)CCN2CCOCC2)c1C.O=C(O)C(F)(F)F.O=C(O)C(F)(F)F. The number of rotatable bonds is 6. The molecule has 1 saturated heterocycles. The fourth-order valence-electron chi connectivity index (χ4n) is 2.46. The van der Waals surface area contributed by atoms with Crippen LogP contribution in [0.1, 0.15) is 23.9 Å². The van der Waals surface area contributed by atoms with E-state index in [1.165, 1.54) is 17.0 Å². The quantitative estimate of drug-likeness (QED) is 0.516. The van der Waals surface area contributed by atoms with Crippen LogP contribution in [0, 0.1) is 6.92 Å². The van der Waals surface area contributed by atoms with Crippen LogP contribution in [-0.2, 0) is 27.3 Å². The molecule has 0 aromatic carbocycles. The number of halogens is 6. The maximum Gasteiger partial charge on any atom is 0.490 e. The molecule has 0 saturated carbocycles. The van der Waals surface area contributed by atoms with Gasteiger partial charge in [-0.2, -0.15) is 31.4 Å². The van der Waals surface area contributed by atoms with E-state index >= 15 is 0 Å². The molecule has 0 radical (unpaired) electrons. The first-order valence-corrected chi connectivity index (χ1v) is 9.71. The topological polar surface area (TPSA) is 119 Å². The van der Waals surface area contributed by atoms with E-state index < -0.39 is 24.3 Å². The van der Waals surface area contributed by atoms with E-state index in [4.69, 9.17) is 24.5 Å². The highest BCUT2D eigenvalue weighted by atomic mass is 19.4. The van der Waals surface area contributed by atoms with Crippen LogP contribution < -0.4 is 0 Å². The molecule has 0 unspecified atom stereocenters. The number of H-pyrrole nitrogens is 1. The zero-order valence-corrected chi connectivity index (χ0v) is 18.4. The van der Waals surface area contributed by atoms with Gasteiger partial charge >= 0.3 is 24.3 Å². The number of nitrogens with one attached hydrogen (secondary N) is 1. The summed E-state index contributed by atoms with van der Waals surface area (Å²) in [5, 5.41) is 21.8. The van der Waals surface area contributed by atoms with Crippen molar-refractivity contribution in [2.75, 3.05) is 46.4 Å². The maximum absolute atomic E-state index is 10.6. The molecule has 192 valence electrons. The molecule has 1 aromatic rings. The molecular weight excluding hydrogens is 466 g/mol. The number of aromatic nitrogens is 2. The number of morpholine rings is 1. The van der Waals surface area contributed by atoms with Crippen molar-refractivity contribution in [2.45, 2.75) is 39.2 Å². The molecule has 2 heterocycles. The average Bonchev–Trinajstić information content (AvgIpc) is 3.06. The number of aromatic amines is 1. The lowest BCUT2D eigenvalue weighted by Gasteiger charge is -2.28. The van der Waals surface area contributed by atoms with Gasteiger partial charge in [-0.15, -0.1) is 0 Å². The van der Waals surface area contributed by atoms with Crippen molar-refractivity contribution in [3.05, 3.63) is 17.0 Å². The largest absolute Gasteiger partial charge is 0.490 e. The van der Waals surface area contributed by atoms with Crippen LogP contribution >= 0.6 is 0 Å². The lowest BCUT2D eigenvalue weighted by Crippen LogP contribution is -2.40. The summed E-state index contributed by atoms with van der Waals surface area (Å²) < 4.78 is 68.8. The van der Waals surface area contributed by atoms with E-state index in [9.17, 15) is 26.3 Å². The number of hydrogen-bond donors (Lipinski definition) is 3. The smallest absolute Gasteiger partial charge is 0.475 e. The molecule has 0 spiro atoms. The van der Waals surface area contributed by atoms with Crippen molar-refractivity contribution in [3.63, 3.8) is 0 Å². The molecule has 1 aliphatic heterocycles. The third kappa shape index (κ3) is 13.0. The summed E-state index contributed by atoms with van der Waals surface area (Å²) >= 11 is 0. The van der Waals surface area contributed by atoms with E-state index in [1.54, 1.807) is 0 Å². The Morgan fingerprint density at radius 2 is 1.55 bits per heavy atom. The average molecular weight is 494 g/mol. The summed E-state index contributed by atoms with van der Waals surface area (Å²) in [6.07, 6.45) is -9.17. The van der Waals surface area contributed by atoms with Crippen LogP contribution in [0.25, 0.3) is 0 Å². The molecule has 1 aliphatic rings. The molecule has 1 fully saturated rings. The summed E-state index contributed by atoms with van der Waals surface area (Å²) in [6, 6.07) is 0. The van der Waals surface area contributed by atoms with Crippen molar-refractivity contribution in [1.82, 2.24) is 20.0 Å². The van der Waals surface area contributed by atoms with Gasteiger partial charge in [0.2, 0.25) is 0 Å². The number of aryl methyl sites for hydroxylation is 1. The van der Waals surface area contributed by atoms with Gasteiger partial charge in [0, 0.05) is 32.7 Å². The summed E-state index contributed by atoms with van der Waals surface area (Å²) in [6.45, 7) is 11.3. The molecule has 0 aliphatic carbocycles. The standard InChI is InChI=1S/C14H26N4O.2C2HF3O2/c1-4-13-12(2)14(16-15-13)11-17(3)5-6-18-7-9-19-10-8-18;2*3-2(4,5)1(6)7/h4-11H2,1-3H3,(H,15,16);2*(H,6,7). The lowest BCUT2D eigenvalue weighted by atomic mass is 10.1. The molecule has 9 nitrogen and oxygen atoms in total. The molecule has 0 atom stereocenters. The maximum atomic E-state index is 10.6. The van der Waals surface area contributed by atoms with Gasteiger partial charge in [0.05, 0.1) is 24.6 Å². The zero-order valence-electron chi connectivity index (χ0n) is 18.4. The minimum Gasteiger partial charge on any atom is -0.475 e. The van der Waals surface area contributed by atoms with Gasteiger partial charge in [0.25, 0.3) is 0 Å². The Morgan fingerprint density at radius 3 is 1.91 bits per heavy atom. The van der Waals surface area contributed by atoms with Gasteiger partial charge in [-0.3, -0.25) is 14.9 Å². The van der Waals surface area contributed by atoms with Gasteiger partial charge < -0.3 is 14.9 Å². The Balaban J connectivity index is 0.000000605. The monoisotopic (exact) mass is 494 g/mol. The molecule has 2 rings (SSSR count). The number of ether oxygens (including phenoxy) is 1. The first-order valence-electron chi connectivity index (χ1n) is 9.71. The molecule has 15 heteroatoms. The minimum absolute atomic E-state index is 0.878. The predicted molar refractivity (Wildman–Crippen MR) is 104 cm³/mol. The van der Waals surface area contributed by atoms with E-state index in [0.29, 0.717) is 0 Å².